The molecule has 0 aromatic heterocycles. The van der Waals surface area contributed by atoms with Gasteiger partial charge in [-0.15, -0.1) is 0 Å². The Balaban J connectivity index is 2.65. The highest BCUT2D eigenvalue weighted by molar-refractivity contribution is 5.62. The van der Waals surface area contributed by atoms with Gasteiger partial charge in [0.2, 0.25) is 0 Å². The molecule has 0 spiro atoms. The molecule has 0 saturated carbocycles. The van der Waals surface area contributed by atoms with E-state index in [0.29, 0.717) is 35.5 Å². The average molecular weight is 288 g/mol. The van der Waals surface area contributed by atoms with Gasteiger partial charge < -0.3 is 11.5 Å². The molecule has 0 heterocycles. The Hall–Kier alpha value is -2.12. The second kappa shape index (κ2) is 6.55. The van der Waals surface area contributed by atoms with Crippen LogP contribution in [0.4, 0.5) is 11.4 Å². The summed E-state index contributed by atoms with van der Waals surface area (Å²) in [5.41, 5.74) is 18.1. The fourth-order valence-electron chi connectivity index (χ4n) is 2.58. The van der Waals surface area contributed by atoms with E-state index in [1.165, 1.54) is 0 Å². The summed E-state index contributed by atoms with van der Waals surface area (Å²) in [6.45, 7) is 0.357. The van der Waals surface area contributed by atoms with Crippen molar-refractivity contribution in [3.8, 4) is 0 Å². The summed E-state index contributed by atoms with van der Waals surface area (Å²) in [5, 5.41) is 18.6. The van der Waals surface area contributed by atoms with Crippen molar-refractivity contribution < 1.29 is 10.4 Å². The highest BCUT2D eigenvalue weighted by Crippen LogP contribution is 2.38. The van der Waals surface area contributed by atoms with Crippen LogP contribution >= 0.6 is 0 Å². The van der Waals surface area contributed by atoms with E-state index in [0.717, 1.165) is 0 Å². The van der Waals surface area contributed by atoms with Crippen LogP contribution in [0.1, 0.15) is 17.5 Å². The van der Waals surface area contributed by atoms with Crippen LogP contribution in [0.15, 0.2) is 48.5 Å². The van der Waals surface area contributed by atoms with Gasteiger partial charge in [-0.3, -0.25) is 21.4 Å². The van der Waals surface area contributed by atoms with Gasteiger partial charge in [0.1, 0.15) is 0 Å². The predicted octanol–water partition coefficient (Wildman–Crippen LogP) is 1.84. The van der Waals surface area contributed by atoms with Gasteiger partial charge in [-0.1, -0.05) is 36.4 Å². The van der Waals surface area contributed by atoms with E-state index in [1.54, 1.807) is 24.3 Å². The Morgan fingerprint density at radius 1 is 0.857 bits per heavy atom. The lowest BCUT2D eigenvalue weighted by Gasteiger charge is -2.33. The third-order valence-corrected chi connectivity index (χ3v) is 3.59. The summed E-state index contributed by atoms with van der Waals surface area (Å²) in [4.78, 5) is 0. The molecule has 0 saturated heterocycles. The van der Waals surface area contributed by atoms with Crippen molar-refractivity contribution in [2.75, 3.05) is 17.5 Å². The van der Waals surface area contributed by atoms with Gasteiger partial charge in [0, 0.05) is 11.1 Å². The number of rotatable bonds is 6. The molecular weight excluding hydrogens is 268 g/mol. The maximum Gasteiger partial charge on any atom is 0.0719 e. The molecule has 0 unspecified atom stereocenters. The van der Waals surface area contributed by atoms with Gasteiger partial charge in [0.15, 0.2) is 0 Å². The second-order valence-electron chi connectivity index (χ2n) is 4.82. The van der Waals surface area contributed by atoms with Crippen molar-refractivity contribution >= 4 is 11.4 Å². The lowest BCUT2D eigenvalue weighted by molar-refractivity contribution is 0.380. The quantitative estimate of drug-likeness (QED) is 0.452. The molecule has 0 atom stereocenters. The fourth-order valence-corrected chi connectivity index (χ4v) is 2.58. The minimum Gasteiger partial charge on any atom is -0.330 e. The van der Waals surface area contributed by atoms with E-state index >= 15 is 0 Å². The highest BCUT2D eigenvalue weighted by Gasteiger charge is 2.33. The maximum atomic E-state index is 9.32. The average Bonchev–Trinajstić information content (AvgIpc) is 2.54. The van der Waals surface area contributed by atoms with Crippen LogP contribution in [-0.2, 0) is 5.54 Å². The Labute approximate surface area is 123 Å². The highest BCUT2D eigenvalue weighted by atomic mass is 16.5. The molecule has 0 amide bonds. The topological polar surface area (TPSA) is 117 Å². The first-order valence-electron chi connectivity index (χ1n) is 6.65. The van der Waals surface area contributed by atoms with E-state index in [9.17, 15) is 10.4 Å². The van der Waals surface area contributed by atoms with Crippen molar-refractivity contribution in [1.29, 1.82) is 0 Å². The Kier molecular flexibility index (Phi) is 4.77. The van der Waals surface area contributed by atoms with Gasteiger partial charge >= 0.3 is 0 Å². The van der Waals surface area contributed by atoms with Gasteiger partial charge in [-0.05, 0) is 25.1 Å². The zero-order valence-corrected chi connectivity index (χ0v) is 11.6. The summed E-state index contributed by atoms with van der Waals surface area (Å²) < 4.78 is 0. The van der Waals surface area contributed by atoms with Crippen LogP contribution in [0.5, 0.6) is 0 Å². The lowest BCUT2D eigenvalue weighted by atomic mass is 9.79. The molecule has 6 heteroatoms. The van der Waals surface area contributed by atoms with Crippen molar-refractivity contribution in [3.05, 3.63) is 59.7 Å². The monoisotopic (exact) mass is 288 g/mol. The van der Waals surface area contributed by atoms with Crippen LogP contribution in [-0.4, -0.2) is 17.0 Å². The predicted molar refractivity (Wildman–Crippen MR) is 82.3 cm³/mol. The summed E-state index contributed by atoms with van der Waals surface area (Å²) in [7, 11) is 0. The fraction of sp³-hybridized carbons (Fsp3) is 0.200. The summed E-state index contributed by atoms with van der Waals surface area (Å²) in [6.07, 6.45) is 0.449. The van der Waals surface area contributed by atoms with Crippen molar-refractivity contribution in [3.63, 3.8) is 0 Å². The molecule has 0 bridgehead atoms. The molecule has 6 nitrogen and oxygen atoms in total. The lowest BCUT2D eigenvalue weighted by Crippen LogP contribution is -2.41. The van der Waals surface area contributed by atoms with E-state index in [-0.39, 0.29) is 0 Å². The third-order valence-electron chi connectivity index (χ3n) is 3.59. The van der Waals surface area contributed by atoms with Gasteiger partial charge in [0.25, 0.3) is 0 Å². The van der Waals surface area contributed by atoms with E-state index in [1.807, 2.05) is 24.3 Å². The van der Waals surface area contributed by atoms with E-state index < -0.39 is 5.54 Å². The van der Waals surface area contributed by atoms with E-state index in [2.05, 4.69) is 11.0 Å². The number of hydrogen-bond donors (Lipinski definition) is 6. The zero-order chi connectivity index (χ0) is 15.3. The minimum absolute atomic E-state index is 0.357. The summed E-state index contributed by atoms with van der Waals surface area (Å²) >= 11 is 0. The normalized spacial score (nSPS) is 11.2. The van der Waals surface area contributed by atoms with E-state index in [4.69, 9.17) is 11.5 Å². The first-order valence-corrected chi connectivity index (χ1v) is 6.65. The first-order chi connectivity index (χ1) is 10.2. The minimum atomic E-state index is -0.951. The molecule has 0 radical (unpaired) electrons. The molecule has 0 aliphatic carbocycles. The summed E-state index contributed by atoms with van der Waals surface area (Å²) in [5.74, 6) is 0. The van der Waals surface area contributed by atoms with Crippen LogP contribution in [0.2, 0.25) is 0 Å². The standard InChI is InChI=1S/C15H20N4O2/c16-10-9-15(17,11-5-1-3-7-13(11)18-20)12-6-2-4-8-14(12)19-21/h1-8,18-21H,9-10,16-17H2. The number of nitrogens with two attached hydrogens (primary N) is 2. The number of hydrogen-bond acceptors (Lipinski definition) is 6. The van der Waals surface area contributed by atoms with Gasteiger partial charge in [0.05, 0.1) is 16.9 Å². The maximum absolute atomic E-state index is 9.32. The number of para-hydroxylation sites is 2. The van der Waals surface area contributed by atoms with Gasteiger partial charge in [-0.25, -0.2) is 0 Å². The Bertz CT molecular complexity index is 556. The van der Waals surface area contributed by atoms with Crippen LogP contribution in [0.25, 0.3) is 0 Å². The van der Waals surface area contributed by atoms with Crippen molar-refractivity contribution in [1.82, 2.24) is 0 Å². The zero-order valence-electron chi connectivity index (χ0n) is 11.6. The number of anilines is 2. The third kappa shape index (κ3) is 2.84. The molecule has 0 fully saturated rings. The van der Waals surface area contributed by atoms with Crippen LogP contribution in [0, 0.1) is 0 Å². The van der Waals surface area contributed by atoms with Gasteiger partial charge in [-0.2, -0.15) is 0 Å². The number of benzene rings is 2. The molecule has 112 valence electrons. The SMILES string of the molecule is NCCC(N)(c1ccccc1NO)c1ccccc1NO. The molecular formula is C15H20N4O2. The number of nitrogens with one attached hydrogen (secondary N) is 2. The Morgan fingerprint density at radius 2 is 1.29 bits per heavy atom. The molecule has 2 rings (SSSR count). The molecule has 21 heavy (non-hydrogen) atoms. The molecule has 0 aliphatic rings. The molecule has 8 N–H and O–H groups in total. The van der Waals surface area contributed by atoms with Crippen LogP contribution in [0.3, 0.4) is 0 Å². The largest absolute Gasteiger partial charge is 0.330 e. The first kappa shape index (κ1) is 15.3. The van der Waals surface area contributed by atoms with Crippen LogP contribution < -0.4 is 22.4 Å². The van der Waals surface area contributed by atoms with Crippen molar-refractivity contribution in [2.24, 2.45) is 11.5 Å². The Morgan fingerprint density at radius 3 is 1.67 bits per heavy atom. The summed E-state index contributed by atoms with van der Waals surface area (Å²) in [6, 6.07) is 14.4. The van der Waals surface area contributed by atoms with Crippen molar-refractivity contribution in [2.45, 2.75) is 12.0 Å². The molecule has 2 aromatic rings. The smallest absolute Gasteiger partial charge is 0.0719 e. The molecule has 0 aliphatic heterocycles. The molecule has 2 aromatic carbocycles. The second-order valence-corrected chi connectivity index (χ2v) is 4.82.